The second-order valence-corrected chi connectivity index (χ2v) is 21.8. The van der Waals surface area contributed by atoms with Crippen molar-refractivity contribution in [2.75, 3.05) is 32.8 Å². The summed E-state index contributed by atoms with van der Waals surface area (Å²) in [5.74, 6) is -0.0764. The molecule has 1 aliphatic heterocycles. The first-order chi connectivity index (χ1) is 34.5. The molecule has 0 spiro atoms. The quantitative estimate of drug-likeness (QED) is 0.0306. The van der Waals surface area contributed by atoms with Gasteiger partial charge in [0.1, 0.15) is 35.9 Å². The summed E-state index contributed by atoms with van der Waals surface area (Å²) in [7, 11) is 0. The molecule has 4 aromatic carbocycles. The van der Waals surface area contributed by atoms with Crippen molar-refractivity contribution in [3.8, 4) is 38.1 Å². The summed E-state index contributed by atoms with van der Waals surface area (Å²) in [6.07, 6.45) is 5.37. The number of unbranched alkanes of at least 4 members (excludes halogenated alkanes) is 5. The van der Waals surface area contributed by atoms with Crippen LogP contribution in [-0.2, 0) is 14.4 Å². The molecule has 382 valence electrons. The van der Waals surface area contributed by atoms with Gasteiger partial charge in [-0.15, -0.1) is 22.7 Å². The van der Waals surface area contributed by atoms with Gasteiger partial charge in [-0.3, -0.25) is 19.2 Å². The maximum atomic E-state index is 14.1. The molecule has 13 nitrogen and oxygen atoms in total. The lowest BCUT2D eigenvalue weighted by Crippen LogP contribution is -2.57. The average molecular weight is 1020 g/mol. The topological polar surface area (TPSA) is 182 Å². The number of carbonyl (C=O) groups excluding carboxylic acids is 4. The number of thiazole rings is 1. The molecule has 15 heteroatoms. The number of β-amino-alcohol motifs (C(OH)–C–C–N with tert-alkyl or cyclic N) is 1. The first-order valence-corrected chi connectivity index (χ1v) is 26.8. The summed E-state index contributed by atoms with van der Waals surface area (Å²) in [6.45, 7) is 14.9. The minimum atomic E-state index is -0.863. The van der Waals surface area contributed by atoms with E-state index in [4.69, 9.17) is 4.74 Å². The Hall–Kier alpha value is -6.13. The molecule has 1 aliphatic rings. The average Bonchev–Trinajstić information content (AvgIpc) is 4.09. The van der Waals surface area contributed by atoms with E-state index in [2.05, 4.69) is 27.4 Å². The predicted molar refractivity (Wildman–Crippen MR) is 287 cm³/mol. The number of hydrogen-bond acceptors (Lipinski definition) is 12. The molecule has 7 rings (SSSR count). The third kappa shape index (κ3) is 13.7. The highest BCUT2D eigenvalue weighted by Gasteiger charge is 2.44. The fourth-order valence-corrected chi connectivity index (χ4v) is 11.3. The lowest BCUT2D eigenvalue weighted by Gasteiger charge is -2.35. The molecule has 0 unspecified atom stereocenters. The number of benzene rings is 4. The SMILES string of the molecule is CCN(CCCCCCCCC(=O)N[C@H](C(=O)N1C[C@H](O)C[C@H]1C(=O)N[C@@H](C)c1ccc(-c2scnc2C)cc1)C(C)(C)C)CCOc1ccc(C(=O)c2c(-c3ccc(O)cc3)sc3cc(O)ccc23)cc1. The predicted octanol–water partition coefficient (Wildman–Crippen LogP) is 10.4. The fourth-order valence-electron chi connectivity index (χ4n) is 9.27. The van der Waals surface area contributed by atoms with Gasteiger partial charge in [-0.05, 0) is 129 Å². The minimum Gasteiger partial charge on any atom is -0.508 e. The van der Waals surface area contributed by atoms with Gasteiger partial charge in [-0.25, -0.2) is 4.98 Å². The molecule has 0 aliphatic carbocycles. The molecule has 1 saturated heterocycles. The fraction of sp³-hybridized carbons (Fsp3) is 0.421. The Labute approximate surface area is 431 Å². The highest BCUT2D eigenvalue weighted by Crippen LogP contribution is 2.42. The van der Waals surface area contributed by atoms with E-state index in [1.807, 2.05) is 76.5 Å². The Morgan fingerprint density at radius 3 is 2.15 bits per heavy atom. The first kappa shape index (κ1) is 53.7. The highest BCUT2D eigenvalue weighted by atomic mass is 32.1. The van der Waals surface area contributed by atoms with Crippen LogP contribution in [0.5, 0.6) is 17.2 Å². The highest BCUT2D eigenvalue weighted by molar-refractivity contribution is 7.22. The van der Waals surface area contributed by atoms with E-state index in [1.165, 1.54) is 16.2 Å². The Morgan fingerprint density at radius 1 is 0.833 bits per heavy atom. The summed E-state index contributed by atoms with van der Waals surface area (Å²) < 4.78 is 6.90. The number of ether oxygens (including phenoxy) is 1. The van der Waals surface area contributed by atoms with Gasteiger partial charge in [0.05, 0.1) is 28.2 Å². The normalized spacial score (nSPS) is 15.7. The van der Waals surface area contributed by atoms with E-state index in [1.54, 1.807) is 65.9 Å². The van der Waals surface area contributed by atoms with Crippen LogP contribution in [0.25, 0.3) is 31.0 Å². The van der Waals surface area contributed by atoms with Crippen LogP contribution in [0.15, 0.2) is 96.5 Å². The zero-order valence-corrected chi connectivity index (χ0v) is 43.9. The van der Waals surface area contributed by atoms with E-state index >= 15 is 0 Å². The molecule has 2 aromatic heterocycles. The van der Waals surface area contributed by atoms with Gasteiger partial charge >= 0.3 is 0 Å². The third-order valence-electron chi connectivity index (χ3n) is 13.5. The van der Waals surface area contributed by atoms with Crippen LogP contribution >= 0.6 is 22.7 Å². The van der Waals surface area contributed by atoms with Crippen LogP contribution in [0.2, 0.25) is 0 Å². The number of rotatable bonds is 23. The van der Waals surface area contributed by atoms with Gasteiger partial charge in [0.25, 0.3) is 0 Å². The van der Waals surface area contributed by atoms with E-state index in [0.717, 1.165) is 94.0 Å². The number of hydrogen-bond donors (Lipinski definition) is 5. The van der Waals surface area contributed by atoms with Gasteiger partial charge in [0.15, 0.2) is 5.78 Å². The van der Waals surface area contributed by atoms with Crippen LogP contribution < -0.4 is 15.4 Å². The summed E-state index contributed by atoms with van der Waals surface area (Å²) in [5.41, 5.74) is 6.04. The van der Waals surface area contributed by atoms with Crippen LogP contribution in [0, 0.1) is 12.3 Å². The Bertz CT molecular complexity index is 2780. The summed E-state index contributed by atoms with van der Waals surface area (Å²) in [6, 6.07) is 24.9. The van der Waals surface area contributed by atoms with Crippen LogP contribution in [0.1, 0.15) is 119 Å². The summed E-state index contributed by atoms with van der Waals surface area (Å²) in [5, 5.41) is 37.5. The number of aromatic nitrogens is 1. The standard InChI is InChI=1S/C57H69N5O8S2/c1-7-61(30-31-70-45-26-21-39(22-27-45)51(67)50-46-28-25-43(64)33-48(46)72-53(50)41-19-23-42(63)24-20-41)29-13-11-9-8-10-12-14-49(66)60-54(57(4,5)6)56(69)62-34-44(65)32-47(62)55(68)59-36(2)38-15-17-40(18-16-38)52-37(3)58-35-71-52/h15-28,33,35-36,44,47,54,63-65H,7-14,29-32,34H2,1-6H3,(H,59,68)(H,60,66)/t36-,44+,47-,54+/m0/s1. The summed E-state index contributed by atoms with van der Waals surface area (Å²) >= 11 is 3.01. The second-order valence-electron chi connectivity index (χ2n) is 19.9. The maximum absolute atomic E-state index is 14.1. The zero-order chi connectivity index (χ0) is 51.5. The number of likely N-dealkylation sites (tertiary alicyclic amines) is 1. The van der Waals surface area contributed by atoms with E-state index in [9.17, 15) is 34.5 Å². The number of thiophene rings is 1. The van der Waals surface area contributed by atoms with E-state index in [-0.39, 0.29) is 54.0 Å². The minimum absolute atomic E-state index is 0.0232. The summed E-state index contributed by atoms with van der Waals surface area (Å²) in [4.78, 5) is 65.1. The van der Waals surface area contributed by atoms with Crippen LogP contribution in [0.4, 0.5) is 0 Å². The number of nitrogens with zero attached hydrogens (tertiary/aromatic N) is 3. The number of phenolic OH excluding ortho intramolecular Hbond substituents is 2. The Kier molecular flexibility index (Phi) is 18.3. The number of aliphatic hydroxyl groups is 1. The molecule has 0 radical (unpaired) electrons. The number of phenols is 2. The van der Waals surface area contributed by atoms with Crippen LogP contribution in [0.3, 0.4) is 0 Å². The van der Waals surface area contributed by atoms with Crippen molar-refractivity contribution in [1.82, 2.24) is 25.4 Å². The van der Waals surface area contributed by atoms with Gasteiger partial charge in [0.2, 0.25) is 17.7 Å². The van der Waals surface area contributed by atoms with E-state index < -0.39 is 23.6 Å². The van der Waals surface area contributed by atoms with Crippen molar-refractivity contribution >= 4 is 56.3 Å². The van der Waals surface area contributed by atoms with Crippen LogP contribution in [-0.4, -0.2) is 105 Å². The molecule has 1 fully saturated rings. The zero-order valence-electron chi connectivity index (χ0n) is 42.3. The van der Waals surface area contributed by atoms with Gasteiger partial charge < -0.3 is 40.5 Å². The number of amides is 3. The van der Waals surface area contributed by atoms with Gasteiger partial charge in [-0.2, -0.15) is 0 Å². The van der Waals surface area contributed by atoms with E-state index in [0.29, 0.717) is 36.3 Å². The molecule has 6 aromatic rings. The van der Waals surface area contributed by atoms with Gasteiger partial charge in [0, 0.05) is 52.0 Å². The lowest BCUT2D eigenvalue weighted by molar-refractivity contribution is -0.144. The number of aromatic hydroxyl groups is 2. The smallest absolute Gasteiger partial charge is 0.246 e. The first-order valence-electron chi connectivity index (χ1n) is 25.1. The molecule has 0 saturated carbocycles. The van der Waals surface area contributed by atoms with Gasteiger partial charge in [-0.1, -0.05) is 77.6 Å². The molecule has 3 heterocycles. The third-order valence-corrected chi connectivity index (χ3v) is 15.6. The number of fused-ring (bicyclic) bond motifs is 1. The van der Waals surface area contributed by atoms with Crippen molar-refractivity contribution in [3.63, 3.8) is 0 Å². The second kappa shape index (κ2) is 24.5. The molecule has 0 bridgehead atoms. The van der Waals surface area contributed by atoms with Crippen molar-refractivity contribution in [2.45, 2.75) is 117 Å². The number of ketones is 1. The molecule has 3 amide bonds. The van der Waals surface area contributed by atoms with Crippen molar-refractivity contribution in [2.24, 2.45) is 5.41 Å². The Morgan fingerprint density at radius 2 is 1.49 bits per heavy atom. The molecule has 72 heavy (non-hydrogen) atoms. The number of aliphatic hydroxyl groups excluding tert-OH is 1. The molecular formula is C57H69N5O8S2. The number of aryl methyl sites for hydroxylation is 1. The monoisotopic (exact) mass is 1020 g/mol. The number of nitrogens with one attached hydrogen (secondary N) is 2. The van der Waals surface area contributed by atoms with Crippen molar-refractivity contribution < 1.29 is 39.2 Å². The van der Waals surface area contributed by atoms with Crippen molar-refractivity contribution in [1.29, 1.82) is 0 Å². The number of likely N-dealkylation sites (N-methyl/N-ethyl adjacent to an activating group) is 1. The molecule has 4 atom stereocenters. The number of carbonyl (C=O) groups is 4. The van der Waals surface area contributed by atoms with Crippen molar-refractivity contribution in [3.05, 3.63) is 119 Å². The maximum Gasteiger partial charge on any atom is 0.246 e. The lowest BCUT2D eigenvalue weighted by atomic mass is 9.85. The molecule has 5 N–H and O–H groups in total. The largest absolute Gasteiger partial charge is 0.508 e. The Balaban J connectivity index is 0.797. The molecular weight excluding hydrogens is 947 g/mol.